The molecule has 0 fully saturated rings. The van der Waals surface area contributed by atoms with Gasteiger partial charge in [0.05, 0.1) is 42.7 Å². The van der Waals surface area contributed by atoms with E-state index in [-0.39, 0.29) is 16.3 Å². The predicted octanol–water partition coefficient (Wildman–Crippen LogP) is 14.0. The second-order valence-electron chi connectivity index (χ2n) is 14.0. The molecule has 15 heteroatoms. The molecule has 7 aromatic rings. The number of aryl methyl sites for hydroxylation is 3. The zero-order valence-corrected chi connectivity index (χ0v) is 34.7. The molecule has 306 valence electrons. The summed E-state index contributed by atoms with van der Waals surface area (Å²) in [4.78, 5) is -0.328. The fourth-order valence-corrected chi connectivity index (χ4v) is 6.98. The molecule has 7 rings (SSSR count). The maximum absolute atomic E-state index is 11.7. The van der Waals surface area contributed by atoms with Crippen LogP contribution in [0.3, 0.4) is 0 Å². The van der Waals surface area contributed by atoms with E-state index in [1.807, 2.05) is 69.3 Å². The van der Waals surface area contributed by atoms with Gasteiger partial charge in [-0.1, -0.05) is 48.5 Å². The first-order chi connectivity index (χ1) is 29.4. The van der Waals surface area contributed by atoms with E-state index in [2.05, 4.69) is 47.0 Å². The Morgan fingerprint density at radius 3 is 1.70 bits per heavy atom. The monoisotopic (exact) mass is 832 g/mol. The van der Waals surface area contributed by atoms with Crippen LogP contribution in [0.5, 0.6) is 17.2 Å². The summed E-state index contributed by atoms with van der Waals surface area (Å²) in [7, 11) is -1.26. The van der Waals surface area contributed by atoms with Gasteiger partial charge in [0.15, 0.2) is 5.75 Å². The van der Waals surface area contributed by atoms with Crippen LogP contribution in [0, 0.1) is 20.8 Å². The molecule has 0 atom stereocenters. The van der Waals surface area contributed by atoms with E-state index >= 15 is 0 Å². The molecule has 0 aliphatic rings. The number of rotatable bonds is 13. The summed E-state index contributed by atoms with van der Waals surface area (Å²) >= 11 is 0. The van der Waals surface area contributed by atoms with Crippen LogP contribution in [0.1, 0.15) is 27.8 Å². The second kappa shape index (κ2) is 18.2. The Morgan fingerprint density at radius 1 is 0.508 bits per heavy atom. The van der Waals surface area contributed by atoms with Gasteiger partial charge in [-0.05, 0) is 133 Å². The molecule has 7 aromatic carbocycles. The molecule has 0 radical (unpaired) electrons. The Kier molecular flexibility index (Phi) is 12.4. The lowest BCUT2D eigenvalue weighted by atomic mass is 10.0. The topological polar surface area (TPSA) is 192 Å². The van der Waals surface area contributed by atoms with Crippen molar-refractivity contribution in [2.75, 3.05) is 14.2 Å². The molecule has 0 amide bonds. The first-order valence-corrected chi connectivity index (χ1v) is 20.3. The normalized spacial score (nSPS) is 12.1. The van der Waals surface area contributed by atoms with Crippen molar-refractivity contribution in [1.82, 2.24) is 0 Å². The summed E-state index contributed by atoms with van der Waals surface area (Å²) in [5, 5.41) is 47.4. The van der Waals surface area contributed by atoms with Gasteiger partial charge >= 0.3 is 0 Å². The molecule has 0 unspecified atom stereocenters. The summed E-state index contributed by atoms with van der Waals surface area (Å²) in [6, 6.07) is 37.5. The average molecular weight is 833 g/mol. The summed E-state index contributed by atoms with van der Waals surface area (Å²) in [6.45, 7) is 5.61. The molecule has 0 bridgehead atoms. The first kappa shape index (κ1) is 41.7. The summed E-state index contributed by atoms with van der Waals surface area (Å²) < 4.78 is 43.7. The highest BCUT2D eigenvalue weighted by Gasteiger charge is 2.15. The Bertz CT molecular complexity index is 3000. The summed E-state index contributed by atoms with van der Waals surface area (Å²) in [6.07, 6.45) is 0.747. The fraction of sp³-hybridized carbons (Fsp3) is 0.130. The molecule has 0 aliphatic carbocycles. The molecule has 14 nitrogen and oxygen atoms in total. The smallest absolute Gasteiger partial charge is 0.296 e. The van der Waals surface area contributed by atoms with Crippen LogP contribution in [0.25, 0.3) is 10.8 Å². The fourth-order valence-electron chi connectivity index (χ4n) is 6.36. The van der Waals surface area contributed by atoms with Crippen LogP contribution in [0.15, 0.2) is 173 Å². The summed E-state index contributed by atoms with van der Waals surface area (Å²) in [5.74, 6) is 1.29. The highest BCUT2D eigenvalue weighted by molar-refractivity contribution is 7.86. The van der Waals surface area contributed by atoms with Gasteiger partial charge in [-0.2, -0.15) is 34.0 Å². The Labute approximate surface area is 352 Å². The van der Waals surface area contributed by atoms with Gasteiger partial charge in [-0.15, -0.1) is 15.3 Å². The minimum absolute atomic E-state index is 0.0230. The molecule has 0 aliphatic heterocycles. The lowest BCUT2D eigenvalue weighted by Crippen LogP contribution is -1.97. The zero-order chi connectivity index (χ0) is 43.1. The third-order valence-electron chi connectivity index (χ3n) is 9.68. The van der Waals surface area contributed by atoms with Crippen molar-refractivity contribution in [2.24, 2.45) is 40.9 Å². The number of phenolic OH excluding ortho intramolecular Hbond substituents is 1. The van der Waals surface area contributed by atoms with Gasteiger partial charge in [-0.25, -0.2) is 0 Å². The van der Waals surface area contributed by atoms with Gasteiger partial charge in [0.25, 0.3) is 10.1 Å². The molecular formula is C46H40N8O6S. The van der Waals surface area contributed by atoms with Crippen molar-refractivity contribution < 1.29 is 27.6 Å². The standard InChI is InChI=1S/C46H40N8O6S/c1-28-22-35(14-20-38(28)49-47-34-15-21-39(29(2)23-34)50-51-40-8-6-7-9-45(40)61(56,57)58)48-53-42-27-44(60-5)43(24-30(42)3)54-52-41-19-13-33-26-32(12-18-37(33)46(41)55)25-31-10-16-36(59-4)17-11-31/h6-24,26-27,55H,25H2,1-5H3,(H,56,57,58). The zero-order valence-electron chi connectivity index (χ0n) is 33.8. The number of aromatic hydroxyl groups is 1. The number of methoxy groups -OCH3 is 2. The van der Waals surface area contributed by atoms with Gasteiger partial charge < -0.3 is 14.6 Å². The van der Waals surface area contributed by atoms with Crippen molar-refractivity contribution >= 4 is 66.4 Å². The Hall–Kier alpha value is -7.49. The van der Waals surface area contributed by atoms with Crippen molar-refractivity contribution in [3.8, 4) is 17.2 Å². The molecule has 61 heavy (non-hydrogen) atoms. The van der Waals surface area contributed by atoms with Gasteiger partial charge in [0.2, 0.25) is 0 Å². The van der Waals surface area contributed by atoms with E-state index < -0.39 is 10.1 Å². The number of hydrogen-bond acceptors (Lipinski definition) is 13. The minimum atomic E-state index is -4.45. The number of nitrogens with zero attached hydrogens (tertiary/aromatic N) is 8. The molecular weight excluding hydrogens is 793 g/mol. The van der Waals surface area contributed by atoms with Gasteiger partial charge in [0.1, 0.15) is 33.5 Å². The summed E-state index contributed by atoms with van der Waals surface area (Å²) in [5.41, 5.74) is 8.35. The van der Waals surface area contributed by atoms with E-state index in [0.717, 1.165) is 45.4 Å². The van der Waals surface area contributed by atoms with Crippen molar-refractivity contribution in [1.29, 1.82) is 0 Å². The van der Waals surface area contributed by atoms with Gasteiger partial charge in [0, 0.05) is 11.5 Å². The molecule has 0 saturated carbocycles. The van der Waals surface area contributed by atoms with E-state index in [4.69, 9.17) is 9.47 Å². The highest BCUT2D eigenvalue weighted by atomic mass is 32.2. The van der Waals surface area contributed by atoms with E-state index in [1.165, 1.54) is 25.3 Å². The SMILES string of the molecule is COc1ccc(Cc2ccc3c(O)c(N=Nc4cc(C)c(N=Nc5ccc(N=Nc6ccc(N=Nc7ccccc7S(=O)(=O)O)c(C)c6)c(C)c5)cc4OC)ccc3c2)cc1. The molecule has 2 N–H and O–H groups in total. The number of ether oxygens (including phenoxy) is 2. The number of azo groups is 4. The van der Waals surface area contributed by atoms with Gasteiger partial charge in [-0.3, -0.25) is 4.55 Å². The van der Waals surface area contributed by atoms with Crippen molar-refractivity contribution in [3.05, 3.63) is 155 Å². The maximum Gasteiger partial charge on any atom is 0.296 e. The van der Waals surface area contributed by atoms with E-state index in [0.29, 0.717) is 50.9 Å². The predicted molar refractivity (Wildman–Crippen MR) is 234 cm³/mol. The largest absolute Gasteiger partial charge is 0.505 e. The molecule has 0 heterocycles. The number of phenols is 1. The third kappa shape index (κ3) is 10.0. The molecule has 0 saturated heterocycles. The van der Waals surface area contributed by atoms with Crippen molar-refractivity contribution in [2.45, 2.75) is 32.1 Å². The van der Waals surface area contributed by atoms with E-state index in [1.54, 1.807) is 61.7 Å². The van der Waals surface area contributed by atoms with Crippen molar-refractivity contribution in [3.63, 3.8) is 0 Å². The average Bonchev–Trinajstić information content (AvgIpc) is 3.25. The van der Waals surface area contributed by atoms with Crippen LogP contribution in [0.2, 0.25) is 0 Å². The maximum atomic E-state index is 11.7. The molecule has 0 spiro atoms. The number of fused-ring (bicyclic) bond motifs is 1. The minimum Gasteiger partial charge on any atom is -0.505 e. The second-order valence-corrected chi connectivity index (χ2v) is 15.4. The Morgan fingerprint density at radius 2 is 1.07 bits per heavy atom. The number of benzene rings is 7. The Balaban J connectivity index is 1.01. The highest BCUT2D eigenvalue weighted by Crippen LogP contribution is 2.40. The van der Waals surface area contributed by atoms with Crippen LogP contribution in [-0.4, -0.2) is 32.3 Å². The quantitative estimate of drug-likeness (QED) is 0.0857. The van der Waals surface area contributed by atoms with Crippen LogP contribution in [0.4, 0.5) is 45.5 Å². The van der Waals surface area contributed by atoms with Crippen LogP contribution in [-0.2, 0) is 16.5 Å². The lowest BCUT2D eigenvalue weighted by Gasteiger charge is -2.09. The van der Waals surface area contributed by atoms with Crippen LogP contribution >= 0.6 is 0 Å². The lowest BCUT2D eigenvalue weighted by molar-refractivity contribution is 0.414. The van der Waals surface area contributed by atoms with Crippen LogP contribution < -0.4 is 9.47 Å². The number of hydrogen-bond donors (Lipinski definition) is 2. The third-order valence-corrected chi connectivity index (χ3v) is 10.6. The van der Waals surface area contributed by atoms with E-state index in [9.17, 15) is 18.1 Å². The first-order valence-electron chi connectivity index (χ1n) is 18.9. The molecule has 0 aromatic heterocycles.